The lowest BCUT2D eigenvalue weighted by Crippen LogP contribution is -2.52. The topological polar surface area (TPSA) is 124 Å². The van der Waals surface area contributed by atoms with Crippen molar-refractivity contribution >= 4 is 34.4 Å². The molecule has 33 heavy (non-hydrogen) atoms. The van der Waals surface area contributed by atoms with E-state index in [1.54, 1.807) is 17.7 Å². The Balaban J connectivity index is 1.51. The summed E-state index contributed by atoms with van der Waals surface area (Å²) in [6.45, 7) is 1.48. The minimum atomic E-state index is -0.304. The smallest absolute Gasteiger partial charge is 0.328 e. The fourth-order valence-electron chi connectivity index (χ4n) is 4.64. The number of aromatic nitrogens is 4. The molecular weight excluding hydrogens is 426 g/mol. The normalized spacial score (nSPS) is 24.5. The van der Waals surface area contributed by atoms with Crippen LogP contribution in [0.25, 0.3) is 11.2 Å². The van der Waals surface area contributed by atoms with E-state index in [1.165, 1.54) is 10.9 Å². The number of carbonyl (C=O) groups is 1. The summed E-state index contributed by atoms with van der Waals surface area (Å²) < 4.78 is 14.8. The maximum Gasteiger partial charge on any atom is 0.328 e. The zero-order chi connectivity index (χ0) is 22.5. The molecule has 3 aliphatic rings. The SMILES string of the molecule is CNc1cc2nc3c1ncn3C(=O)N[C@@H]1CC[C@H]1OCc1cc(c(=O)n([C@@H]3CCOC3)c1)N2. The summed E-state index contributed by atoms with van der Waals surface area (Å²) in [7, 11) is 1.78. The second kappa shape index (κ2) is 7.85. The van der Waals surface area contributed by atoms with Gasteiger partial charge >= 0.3 is 6.03 Å². The summed E-state index contributed by atoms with van der Waals surface area (Å²) in [5.74, 6) is 0.435. The van der Waals surface area contributed by atoms with Crippen LogP contribution in [0.2, 0.25) is 0 Å². The summed E-state index contributed by atoms with van der Waals surface area (Å²) in [5.41, 5.74) is 2.79. The van der Waals surface area contributed by atoms with Gasteiger partial charge < -0.3 is 30.0 Å². The van der Waals surface area contributed by atoms with Crippen LogP contribution >= 0.6 is 0 Å². The zero-order valence-corrected chi connectivity index (χ0v) is 18.2. The van der Waals surface area contributed by atoms with E-state index in [0.29, 0.717) is 48.2 Å². The van der Waals surface area contributed by atoms with Crippen molar-refractivity contribution < 1.29 is 14.3 Å². The van der Waals surface area contributed by atoms with Crippen molar-refractivity contribution in [1.29, 1.82) is 0 Å². The molecule has 11 heteroatoms. The molecule has 1 aliphatic carbocycles. The Hall–Kier alpha value is -3.44. The van der Waals surface area contributed by atoms with E-state index in [0.717, 1.165) is 24.8 Å². The number of anilines is 3. The Morgan fingerprint density at radius 3 is 2.88 bits per heavy atom. The van der Waals surface area contributed by atoms with Gasteiger partial charge in [-0.3, -0.25) is 4.79 Å². The molecule has 5 heterocycles. The van der Waals surface area contributed by atoms with Crippen LogP contribution in [-0.4, -0.2) is 57.5 Å². The second-order valence-corrected chi connectivity index (χ2v) is 8.69. The van der Waals surface area contributed by atoms with Crippen molar-refractivity contribution in [2.75, 3.05) is 30.9 Å². The molecule has 4 bridgehead atoms. The van der Waals surface area contributed by atoms with Crippen LogP contribution in [-0.2, 0) is 16.1 Å². The van der Waals surface area contributed by atoms with Crippen molar-refractivity contribution in [3.63, 3.8) is 0 Å². The number of imidazole rings is 1. The molecule has 0 spiro atoms. The van der Waals surface area contributed by atoms with E-state index in [-0.39, 0.29) is 29.8 Å². The highest BCUT2D eigenvalue weighted by molar-refractivity contribution is 5.94. The van der Waals surface area contributed by atoms with Gasteiger partial charge in [0.1, 0.15) is 23.3 Å². The molecule has 6 rings (SSSR count). The Labute approximate surface area is 189 Å². The molecule has 3 N–H and O–H groups in total. The summed E-state index contributed by atoms with van der Waals surface area (Å²) >= 11 is 0. The Morgan fingerprint density at radius 2 is 2.12 bits per heavy atom. The van der Waals surface area contributed by atoms with Gasteiger partial charge in [-0.05, 0) is 30.9 Å². The molecule has 3 atom stereocenters. The molecule has 1 amide bonds. The first-order valence-corrected chi connectivity index (χ1v) is 11.2. The van der Waals surface area contributed by atoms with E-state index >= 15 is 0 Å². The summed E-state index contributed by atoms with van der Waals surface area (Å²) in [6.07, 6.45) is 5.72. The third kappa shape index (κ3) is 3.44. The van der Waals surface area contributed by atoms with Gasteiger partial charge in [0.25, 0.3) is 5.56 Å². The van der Waals surface area contributed by atoms with Gasteiger partial charge in [-0.15, -0.1) is 0 Å². The molecule has 2 fully saturated rings. The molecule has 0 aromatic carbocycles. The molecule has 0 unspecified atom stereocenters. The van der Waals surface area contributed by atoms with E-state index in [2.05, 4.69) is 25.9 Å². The van der Waals surface area contributed by atoms with Crippen molar-refractivity contribution in [1.82, 2.24) is 24.4 Å². The van der Waals surface area contributed by atoms with Crippen molar-refractivity contribution in [3.8, 4) is 0 Å². The van der Waals surface area contributed by atoms with E-state index < -0.39 is 0 Å². The minimum absolute atomic E-state index is 0.0163. The average molecular weight is 451 g/mol. The van der Waals surface area contributed by atoms with Gasteiger partial charge in [-0.2, -0.15) is 0 Å². The number of nitrogens with zero attached hydrogens (tertiary/aromatic N) is 4. The first kappa shape index (κ1) is 20.2. The van der Waals surface area contributed by atoms with Crippen molar-refractivity contribution in [2.45, 2.75) is 44.1 Å². The fraction of sp³-hybridized carbons (Fsp3) is 0.455. The van der Waals surface area contributed by atoms with Gasteiger partial charge in [0.15, 0.2) is 5.65 Å². The van der Waals surface area contributed by atoms with Crippen LogP contribution < -0.4 is 21.5 Å². The molecule has 1 saturated heterocycles. The largest absolute Gasteiger partial charge is 0.386 e. The molecular formula is C22H25N7O4. The second-order valence-electron chi connectivity index (χ2n) is 8.69. The van der Waals surface area contributed by atoms with Gasteiger partial charge in [0.2, 0.25) is 0 Å². The first-order chi connectivity index (χ1) is 16.1. The highest BCUT2D eigenvalue weighted by Crippen LogP contribution is 2.29. The quantitative estimate of drug-likeness (QED) is 0.540. The third-order valence-electron chi connectivity index (χ3n) is 6.64. The maximum atomic E-state index is 13.3. The number of ether oxygens (including phenoxy) is 2. The molecule has 172 valence electrons. The van der Waals surface area contributed by atoms with E-state index in [4.69, 9.17) is 9.47 Å². The number of fused-ring (bicyclic) bond motifs is 4. The van der Waals surface area contributed by atoms with Crippen LogP contribution in [0, 0.1) is 0 Å². The Bertz CT molecular complexity index is 1290. The standard InChI is InChI=1S/C22H25N7O4/c1-23-15-7-18-25-16-6-12(8-28(21(16)30)13-4-5-32-10-13)9-33-17-3-2-14(17)26-22(31)29-11-24-19(15)20(29)27-18/h6-8,11,13-14,17H,2-5,9-10H2,1H3,(H,26,31)(H2,23,25,27)/t13-,14-,17-/m1/s1. The lowest BCUT2D eigenvalue weighted by atomic mass is 9.89. The third-order valence-corrected chi connectivity index (χ3v) is 6.64. The lowest BCUT2D eigenvalue weighted by Gasteiger charge is -2.36. The van der Waals surface area contributed by atoms with Crippen LogP contribution in [0.5, 0.6) is 0 Å². The highest BCUT2D eigenvalue weighted by atomic mass is 16.5. The molecule has 11 nitrogen and oxygen atoms in total. The fourth-order valence-corrected chi connectivity index (χ4v) is 4.64. The van der Waals surface area contributed by atoms with E-state index in [9.17, 15) is 9.59 Å². The van der Waals surface area contributed by atoms with Gasteiger partial charge in [0, 0.05) is 25.9 Å². The number of rotatable bonds is 2. The number of hydrogen-bond donors (Lipinski definition) is 3. The van der Waals surface area contributed by atoms with Crippen LogP contribution in [0.15, 0.2) is 29.5 Å². The van der Waals surface area contributed by atoms with Crippen LogP contribution in [0.1, 0.15) is 30.9 Å². The average Bonchev–Trinajstić information content (AvgIpc) is 3.48. The monoisotopic (exact) mass is 451 g/mol. The van der Waals surface area contributed by atoms with Gasteiger partial charge in [-0.1, -0.05) is 0 Å². The summed E-state index contributed by atoms with van der Waals surface area (Å²) in [5, 5.41) is 9.32. The maximum absolute atomic E-state index is 13.3. The minimum Gasteiger partial charge on any atom is -0.386 e. The highest BCUT2D eigenvalue weighted by Gasteiger charge is 2.34. The molecule has 0 radical (unpaired) electrons. The number of amides is 1. The van der Waals surface area contributed by atoms with Crippen LogP contribution in [0.3, 0.4) is 0 Å². The number of carbonyl (C=O) groups excluding carboxylic acids is 1. The Morgan fingerprint density at radius 1 is 1.21 bits per heavy atom. The summed E-state index contributed by atoms with van der Waals surface area (Å²) in [6, 6.07) is 3.18. The predicted molar refractivity (Wildman–Crippen MR) is 121 cm³/mol. The zero-order valence-electron chi connectivity index (χ0n) is 18.2. The van der Waals surface area contributed by atoms with Gasteiger partial charge in [-0.25, -0.2) is 19.3 Å². The molecule has 2 aliphatic heterocycles. The lowest BCUT2D eigenvalue weighted by molar-refractivity contribution is -0.0325. The Kier molecular flexibility index (Phi) is 4.80. The van der Waals surface area contributed by atoms with Crippen molar-refractivity contribution in [3.05, 3.63) is 40.6 Å². The number of hydrogen-bond acceptors (Lipinski definition) is 8. The molecule has 3 aromatic rings. The molecule has 3 aromatic heterocycles. The predicted octanol–water partition coefficient (Wildman–Crippen LogP) is 1.96. The molecule has 1 saturated carbocycles. The van der Waals surface area contributed by atoms with Crippen LogP contribution in [0.4, 0.5) is 22.0 Å². The number of nitrogens with one attached hydrogen (secondary N) is 3. The van der Waals surface area contributed by atoms with Gasteiger partial charge in [0.05, 0.1) is 37.1 Å². The number of pyridine rings is 2. The summed E-state index contributed by atoms with van der Waals surface area (Å²) in [4.78, 5) is 35.3. The first-order valence-electron chi connectivity index (χ1n) is 11.2. The van der Waals surface area contributed by atoms with Crippen molar-refractivity contribution in [2.24, 2.45) is 0 Å². The van der Waals surface area contributed by atoms with E-state index in [1.807, 2.05) is 12.3 Å².